The first kappa shape index (κ1) is 14.6. The van der Waals surface area contributed by atoms with Gasteiger partial charge in [0.2, 0.25) is 0 Å². The second-order valence-corrected chi connectivity index (χ2v) is 5.98. The molecule has 0 saturated carbocycles. The number of hydrogen-bond acceptors (Lipinski definition) is 3. The van der Waals surface area contributed by atoms with Crippen LogP contribution in [0.4, 0.5) is 5.69 Å². The number of aromatic nitrogens is 1. The van der Waals surface area contributed by atoms with Gasteiger partial charge in [0.15, 0.2) is 5.78 Å². The van der Waals surface area contributed by atoms with Crippen LogP contribution in [0.5, 0.6) is 0 Å². The van der Waals surface area contributed by atoms with Gasteiger partial charge in [-0.15, -0.1) is 0 Å². The van der Waals surface area contributed by atoms with Crippen molar-refractivity contribution in [1.29, 1.82) is 0 Å². The minimum atomic E-state index is -0.197. The highest BCUT2D eigenvalue weighted by molar-refractivity contribution is 6.12. The Morgan fingerprint density at radius 1 is 1.04 bits per heavy atom. The summed E-state index contributed by atoms with van der Waals surface area (Å²) in [7, 11) is 0. The van der Waals surface area contributed by atoms with E-state index in [4.69, 9.17) is 0 Å². The van der Waals surface area contributed by atoms with Crippen LogP contribution in [0.2, 0.25) is 0 Å². The largest absolute Gasteiger partial charge is 0.322 e. The van der Waals surface area contributed by atoms with E-state index in [0.29, 0.717) is 17.7 Å². The summed E-state index contributed by atoms with van der Waals surface area (Å²) in [5.74, 6) is -0.0430. The van der Waals surface area contributed by atoms with Crippen LogP contribution in [0.15, 0.2) is 54.7 Å². The van der Waals surface area contributed by atoms with Crippen molar-refractivity contribution >= 4 is 28.3 Å². The van der Waals surface area contributed by atoms with Gasteiger partial charge in [-0.2, -0.15) is 0 Å². The molecule has 24 heavy (non-hydrogen) atoms. The first-order valence-electron chi connectivity index (χ1n) is 8.03. The van der Waals surface area contributed by atoms with Gasteiger partial charge in [-0.3, -0.25) is 14.6 Å². The van der Waals surface area contributed by atoms with E-state index in [2.05, 4.69) is 10.3 Å². The fourth-order valence-electron chi connectivity index (χ4n) is 3.21. The highest BCUT2D eigenvalue weighted by Crippen LogP contribution is 2.25. The number of aryl methyl sites for hydroxylation is 1. The number of amides is 1. The molecule has 1 aliphatic carbocycles. The van der Waals surface area contributed by atoms with E-state index in [9.17, 15) is 9.59 Å². The molecule has 1 heterocycles. The minimum absolute atomic E-state index is 0.154. The summed E-state index contributed by atoms with van der Waals surface area (Å²) in [6.45, 7) is 0. The fraction of sp³-hybridized carbons (Fsp3) is 0.150. The van der Waals surface area contributed by atoms with Gasteiger partial charge < -0.3 is 5.32 Å². The van der Waals surface area contributed by atoms with Gasteiger partial charge in [0.25, 0.3) is 5.91 Å². The van der Waals surface area contributed by atoms with Gasteiger partial charge in [0.1, 0.15) is 0 Å². The smallest absolute Gasteiger partial charge is 0.256 e. The number of fused-ring (bicyclic) bond motifs is 2. The Labute approximate surface area is 139 Å². The van der Waals surface area contributed by atoms with Crippen LogP contribution in [0, 0.1) is 0 Å². The monoisotopic (exact) mass is 316 g/mol. The van der Waals surface area contributed by atoms with Gasteiger partial charge in [0.05, 0.1) is 5.52 Å². The third-order valence-electron chi connectivity index (χ3n) is 4.41. The molecule has 0 spiro atoms. The first-order valence-corrected chi connectivity index (χ1v) is 8.03. The third-order valence-corrected chi connectivity index (χ3v) is 4.41. The average Bonchev–Trinajstić information content (AvgIpc) is 2.62. The lowest BCUT2D eigenvalue weighted by atomic mass is 9.90. The number of anilines is 1. The fourth-order valence-corrected chi connectivity index (χ4v) is 3.21. The molecule has 3 aromatic rings. The summed E-state index contributed by atoms with van der Waals surface area (Å²) in [5, 5.41) is 3.71. The number of nitrogens with one attached hydrogen (secondary N) is 1. The number of rotatable bonds is 2. The van der Waals surface area contributed by atoms with Crippen LogP contribution in [0.1, 0.15) is 39.1 Å². The maximum absolute atomic E-state index is 12.7. The Morgan fingerprint density at radius 2 is 1.96 bits per heavy atom. The molecular formula is C20H16N2O2. The van der Waals surface area contributed by atoms with Crippen LogP contribution >= 0.6 is 0 Å². The lowest BCUT2D eigenvalue weighted by Gasteiger charge is -2.16. The number of carbonyl (C=O) groups is 2. The average molecular weight is 316 g/mol. The molecule has 0 radical (unpaired) electrons. The summed E-state index contributed by atoms with van der Waals surface area (Å²) < 4.78 is 0. The zero-order valence-electron chi connectivity index (χ0n) is 13.1. The predicted molar refractivity (Wildman–Crippen MR) is 93.4 cm³/mol. The van der Waals surface area contributed by atoms with Crippen molar-refractivity contribution in [3.8, 4) is 0 Å². The number of benzene rings is 2. The minimum Gasteiger partial charge on any atom is -0.322 e. The Balaban J connectivity index is 1.67. The molecule has 4 rings (SSSR count). The van der Waals surface area contributed by atoms with Crippen LogP contribution in [0.3, 0.4) is 0 Å². The molecule has 118 valence electrons. The molecule has 1 N–H and O–H groups in total. The molecule has 4 heteroatoms. The van der Waals surface area contributed by atoms with E-state index < -0.39 is 0 Å². The number of carbonyl (C=O) groups excluding carboxylic acids is 2. The van der Waals surface area contributed by atoms with E-state index in [-0.39, 0.29) is 11.7 Å². The summed E-state index contributed by atoms with van der Waals surface area (Å²) in [4.78, 5) is 29.0. The van der Waals surface area contributed by atoms with E-state index >= 15 is 0 Å². The maximum Gasteiger partial charge on any atom is 0.256 e. The first-order chi connectivity index (χ1) is 11.7. The maximum atomic E-state index is 12.7. The molecular weight excluding hydrogens is 300 g/mol. The second kappa shape index (κ2) is 5.89. The zero-order chi connectivity index (χ0) is 16.5. The second-order valence-electron chi connectivity index (χ2n) is 5.98. The van der Waals surface area contributed by atoms with E-state index in [1.54, 1.807) is 18.3 Å². The number of ketones is 1. The lowest BCUT2D eigenvalue weighted by Crippen LogP contribution is -2.15. The number of Topliss-reactive ketones (excluding diaryl/α,β-unsaturated/α-hetero) is 1. The topological polar surface area (TPSA) is 59.1 Å². The Kier molecular flexibility index (Phi) is 3.58. The quantitative estimate of drug-likeness (QED) is 0.777. The van der Waals surface area contributed by atoms with Crippen molar-refractivity contribution in [1.82, 2.24) is 4.98 Å². The van der Waals surface area contributed by atoms with Gasteiger partial charge in [0, 0.05) is 34.8 Å². The van der Waals surface area contributed by atoms with Crippen LogP contribution in [0.25, 0.3) is 10.9 Å². The van der Waals surface area contributed by atoms with Crippen molar-refractivity contribution in [3.05, 3.63) is 71.4 Å². The number of hydrogen-bond donors (Lipinski definition) is 1. The number of nitrogens with zero attached hydrogens (tertiary/aromatic N) is 1. The lowest BCUT2D eigenvalue weighted by molar-refractivity contribution is 0.0970. The van der Waals surface area contributed by atoms with Crippen LogP contribution in [-0.4, -0.2) is 16.7 Å². The predicted octanol–water partition coefficient (Wildman–Crippen LogP) is 4.01. The zero-order valence-corrected chi connectivity index (χ0v) is 13.1. The van der Waals surface area contributed by atoms with E-state index in [1.165, 1.54) is 0 Å². The molecule has 1 aliphatic rings. The van der Waals surface area contributed by atoms with Gasteiger partial charge in [-0.05, 0) is 48.7 Å². The van der Waals surface area contributed by atoms with Crippen molar-refractivity contribution in [2.75, 3.05) is 5.32 Å². The Bertz CT molecular complexity index is 958. The molecule has 2 aromatic carbocycles. The molecule has 1 amide bonds. The standard InChI is InChI=1S/C20H16N2O2/c23-19-8-1-4-13-9-10-14(12-17(13)19)22-20(24)16-5-2-7-18-15(16)6-3-11-21-18/h2-3,5-7,9-12H,1,4,8H2,(H,22,24). The molecule has 0 atom stereocenters. The molecule has 0 bridgehead atoms. The number of pyridine rings is 1. The summed E-state index contributed by atoms with van der Waals surface area (Å²) in [6.07, 6.45) is 4.11. The molecule has 0 aliphatic heterocycles. The van der Waals surface area contributed by atoms with Gasteiger partial charge in [-0.25, -0.2) is 0 Å². The van der Waals surface area contributed by atoms with Crippen molar-refractivity contribution in [2.24, 2.45) is 0 Å². The van der Waals surface area contributed by atoms with Crippen molar-refractivity contribution in [2.45, 2.75) is 19.3 Å². The van der Waals surface area contributed by atoms with E-state index in [0.717, 1.165) is 34.9 Å². The van der Waals surface area contributed by atoms with E-state index in [1.807, 2.05) is 36.4 Å². The summed E-state index contributed by atoms with van der Waals surface area (Å²) in [6, 6.07) is 14.8. The van der Waals surface area contributed by atoms with Crippen molar-refractivity contribution < 1.29 is 9.59 Å². The van der Waals surface area contributed by atoms with Crippen LogP contribution < -0.4 is 5.32 Å². The highest BCUT2D eigenvalue weighted by Gasteiger charge is 2.18. The Morgan fingerprint density at radius 3 is 2.88 bits per heavy atom. The molecule has 0 unspecified atom stereocenters. The normalized spacial score (nSPS) is 13.6. The Hall–Kier alpha value is -3.01. The van der Waals surface area contributed by atoms with Crippen LogP contribution in [-0.2, 0) is 6.42 Å². The van der Waals surface area contributed by atoms with Gasteiger partial charge >= 0.3 is 0 Å². The summed E-state index contributed by atoms with van der Waals surface area (Å²) in [5.41, 5.74) is 3.81. The molecule has 4 nitrogen and oxygen atoms in total. The molecule has 0 fully saturated rings. The highest BCUT2D eigenvalue weighted by atomic mass is 16.1. The van der Waals surface area contributed by atoms with Crippen molar-refractivity contribution in [3.63, 3.8) is 0 Å². The van der Waals surface area contributed by atoms with Gasteiger partial charge in [-0.1, -0.05) is 18.2 Å². The molecule has 0 saturated heterocycles. The SMILES string of the molecule is O=C1CCCc2ccc(NC(=O)c3cccc4ncccc34)cc21. The third kappa shape index (κ3) is 2.56. The summed E-state index contributed by atoms with van der Waals surface area (Å²) >= 11 is 0. The molecule has 1 aromatic heterocycles.